The van der Waals surface area contributed by atoms with Gasteiger partial charge in [-0.2, -0.15) is 4.98 Å². The summed E-state index contributed by atoms with van der Waals surface area (Å²) in [6.45, 7) is 0.708. The van der Waals surface area contributed by atoms with E-state index in [0.717, 1.165) is 12.2 Å². The first-order valence-corrected chi connectivity index (χ1v) is 6.49. The number of hydrogen-bond acceptors (Lipinski definition) is 4. The Morgan fingerprint density at radius 3 is 2.63 bits per heavy atom. The lowest BCUT2D eigenvalue weighted by molar-refractivity contribution is 0.414. The number of nitrogens with one attached hydrogen (secondary N) is 1. The summed E-state index contributed by atoms with van der Waals surface area (Å²) >= 11 is 11.7. The Bertz CT molecular complexity index is 546. The van der Waals surface area contributed by atoms with Crippen molar-refractivity contribution >= 4 is 29.0 Å². The van der Waals surface area contributed by atoms with Crippen LogP contribution in [0, 0.1) is 0 Å². The third kappa shape index (κ3) is 3.98. The molecule has 0 saturated carbocycles. The molecule has 0 unspecified atom stereocenters. The molecule has 1 N–H and O–H groups in total. The molecular weight excluding hydrogens is 285 g/mol. The predicted octanol–water partition coefficient (Wildman–Crippen LogP) is 3.45. The van der Waals surface area contributed by atoms with Crippen LogP contribution in [-0.2, 0) is 6.42 Å². The van der Waals surface area contributed by atoms with Crippen molar-refractivity contribution in [2.24, 2.45) is 0 Å². The fourth-order valence-electron chi connectivity index (χ4n) is 1.59. The first-order valence-electron chi connectivity index (χ1n) is 5.74. The minimum absolute atomic E-state index is 0.177. The van der Waals surface area contributed by atoms with E-state index in [1.54, 1.807) is 7.11 Å². The molecular formula is C13H13Cl2N3O. The van der Waals surface area contributed by atoms with Crippen molar-refractivity contribution in [2.45, 2.75) is 6.42 Å². The highest BCUT2D eigenvalue weighted by atomic mass is 35.5. The van der Waals surface area contributed by atoms with E-state index >= 15 is 0 Å². The van der Waals surface area contributed by atoms with Crippen molar-refractivity contribution in [3.8, 4) is 5.75 Å². The number of halogens is 2. The van der Waals surface area contributed by atoms with Gasteiger partial charge in [-0.15, -0.1) is 0 Å². The first kappa shape index (κ1) is 13.9. The smallest absolute Gasteiger partial charge is 0.224 e. The average Bonchev–Trinajstić information content (AvgIpc) is 2.43. The molecule has 19 heavy (non-hydrogen) atoms. The Kier molecular flexibility index (Phi) is 4.82. The Balaban J connectivity index is 1.90. The molecule has 2 aromatic rings. The maximum absolute atomic E-state index is 5.95. The molecule has 1 aromatic carbocycles. The SMILES string of the molecule is COc1ccc(CCNc2nc(Cl)ncc2Cl)cc1. The normalized spacial score (nSPS) is 10.3. The molecule has 0 aliphatic carbocycles. The van der Waals surface area contributed by atoms with Gasteiger partial charge in [0.1, 0.15) is 16.6 Å². The molecule has 0 radical (unpaired) electrons. The van der Waals surface area contributed by atoms with Crippen LogP contribution in [0.5, 0.6) is 5.75 Å². The van der Waals surface area contributed by atoms with Gasteiger partial charge in [0.15, 0.2) is 0 Å². The standard InChI is InChI=1S/C13H13Cl2N3O/c1-19-10-4-2-9(3-5-10)6-7-16-12-11(14)8-17-13(15)18-12/h2-5,8H,6-7H2,1H3,(H,16,17,18). The highest BCUT2D eigenvalue weighted by molar-refractivity contribution is 6.33. The lowest BCUT2D eigenvalue weighted by atomic mass is 10.1. The Hall–Kier alpha value is -1.52. The second-order valence-electron chi connectivity index (χ2n) is 3.86. The van der Waals surface area contributed by atoms with Crippen molar-refractivity contribution in [3.63, 3.8) is 0 Å². The van der Waals surface area contributed by atoms with Gasteiger partial charge < -0.3 is 10.1 Å². The van der Waals surface area contributed by atoms with E-state index in [1.807, 2.05) is 24.3 Å². The van der Waals surface area contributed by atoms with Gasteiger partial charge >= 0.3 is 0 Å². The van der Waals surface area contributed by atoms with E-state index < -0.39 is 0 Å². The number of nitrogens with zero attached hydrogens (tertiary/aromatic N) is 2. The third-order valence-electron chi connectivity index (χ3n) is 2.58. The minimum Gasteiger partial charge on any atom is -0.497 e. The van der Waals surface area contributed by atoms with E-state index in [0.29, 0.717) is 17.4 Å². The lowest BCUT2D eigenvalue weighted by Crippen LogP contribution is -2.07. The fraction of sp³-hybridized carbons (Fsp3) is 0.231. The predicted molar refractivity (Wildman–Crippen MR) is 77.2 cm³/mol. The maximum Gasteiger partial charge on any atom is 0.224 e. The van der Waals surface area contributed by atoms with Crippen LogP contribution in [0.25, 0.3) is 0 Å². The zero-order valence-electron chi connectivity index (χ0n) is 10.4. The van der Waals surface area contributed by atoms with Gasteiger partial charge in [0.25, 0.3) is 0 Å². The third-order valence-corrected chi connectivity index (χ3v) is 3.04. The number of aromatic nitrogens is 2. The molecule has 1 heterocycles. The highest BCUT2D eigenvalue weighted by Crippen LogP contribution is 2.19. The second kappa shape index (κ2) is 6.59. The molecule has 0 aliphatic rings. The van der Waals surface area contributed by atoms with Crippen molar-refractivity contribution in [1.29, 1.82) is 0 Å². The summed E-state index contributed by atoms with van der Waals surface area (Å²) in [5.41, 5.74) is 1.20. The van der Waals surface area contributed by atoms with Crippen LogP contribution in [0.4, 0.5) is 5.82 Å². The van der Waals surface area contributed by atoms with E-state index in [2.05, 4.69) is 15.3 Å². The highest BCUT2D eigenvalue weighted by Gasteiger charge is 2.03. The summed E-state index contributed by atoms with van der Waals surface area (Å²) in [6.07, 6.45) is 2.33. The molecule has 0 aliphatic heterocycles. The number of rotatable bonds is 5. The Morgan fingerprint density at radius 2 is 1.95 bits per heavy atom. The van der Waals surface area contributed by atoms with E-state index in [9.17, 15) is 0 Å². The van der Waals surface area contributed by atoms with Gasteiger partial charge in [-0.05, 0) is 35.7 Å². The van der Waals surface area contributed by atoms with Crippen LogP contribution >= 0.6 is 23.2 Å². The summed E-state index contributed by atoms with van der Waals surface area (Å²) < 4.78 is 5.11. The van der Waals surface area contributed by atoms with Crippen molar-refractivity contribution < 1.29 is 4.74 Å². The summed E-state index contributed by atoms with van der Waals surface area (Å²) in [5, 5.41) is 3.77. The van der Waals surface area contributed by atoms with Crippen LogP contribution in [0.3, 0.4) is 0 Å². The lowest BCUT2D eigenvalue weighted by Gasteiger charge is -2.07. The van der Waals surface area contributed by atoms with E-state index in [-0.39, 0.29) is 5.28 Å². The monoisotopic (exact) mass is 297 g/mol. The zero-order chi connectivity index (χ0) is 13.7. The molecule has 2 rings (SSSR count). The summed E-state index contributed by atoms with van der Waals surface area (Å²) in [6, 6.07) is 7.91. The molecule has 6 heteroatoms. The molecule has 0 bridgehead atoms. The van der Waals surface area contributed by atoms with Crippen LogP contribution in [-0.4, -0.2) is 23.6 Å². The van der Waals surface area contributed by atoms with Gasteiger partial charge in [0.05, 0.1) is 13.3 Å². The molecule has 0 atom stereocenters. The summed E-state index contributed by atoms with van der Waals surface area (Å²) in [7, 11) is 1.65. The van der Waals surface area contributed by atoms with Gasteiger partial charge in [0.2, 0.25) is 5.28 Å². The van der Waals surface area contributed by atoms with Crippen molar-refractivity contribution in [1.82, 2.24) is 9.97 Å². The van der Waals surface area contributed by atoms with E-state index in [1.165, 1.54) is 11.8 Å². The largest absolute Gasteiger partial charge is 0.497 e. The van der Waals surface area contributed by atoms with Crippen LogP contribution < -0.4 is 10.1 Å². The number of anilines is 1. The number of benzene rings is 1. The molecule has 0 saturated heterocycles. The number of hydrogen-bond donors (Lipinski definition) is 1. The summed E-state index contributed by atoms with van der Waals surface area (Å²) in [5.74, 6) is 1.40. The van der Waals surface area contributed by atoms with Crippen molar-refractivity contribution in [3.05, 3.63) is 46.3 Å². The maximum atomic E-state index is 5.95. The van der Waals surface area contributed by atoms with Crippen LogP contribution in [0.1, 0.15) is 5.56 Å². The van der Waals surface area contributed by atoms with Gasteiger partial charge in [-0.1, -0.05) is 23.7 Å². The number of methoxy groups -OCH3 is 1. The topological polar surface area (TPSA) is 47.0 Å². The molecule has 1 aromatic heterocycles. The number of ether oxygens (including phenoxy) is 1. The van der Waals surface area contributed by atoms with Gasteiger partial charge in [0, 0.05) is 6.54 Å². The second-order valence-corrected chi connectivity index (χ2v) is 4.61. The quantitative estimate of drug-likeness (QED) is 0.859. The fourth-order valence-corrected chi connectivity index (χ4v) is 1.88. The Morgan fingerprint density at radius 1 is 1.21 bits per heavy atom. The average molecular weight is 298 g/mol. The molecule has 0 amide bonds. The van der Waals surface area contributed by atoms with Crippen LogP contribution in [0.15, 0.2) is 30.5 Å². The van der Waals surface area contributed by atoms with Crippen LogP contribution in [0.2, 0.25) is 10.3 Å². The first-order chi connectivity index (χ1) is 9.19. The minimum atomic E-state index is 0.177. The van der Waals surface area contributed by atoms with Crippen molar-refractivity contribution in [2.75, 3.05) is 19.0 Å². The van der Waals surface area contributed by atoms with E-state index in [4.69, 9.17) is 27.9 Å². The zero-order valence-corrected chi connectivity index (χ0v) is 11.9. The Labute approximate surface area is 121 Å². The molecule has 4 nitrogen and oxygen atoms in total. The molecule has 0 fully saturated rings. The molecule has 100 valence electrons. The van der Waals surface area contributed by atoms with Gasteiger partial charge in [-0.3, -0.25) is 0 Å². The molecule has 0 spiro atoms. The van der Waals surface area contributed by atoms with Gasteiger partial charge in [-0.25, -0.2) is 4.98 Å². The summed E-state index contributed by atoms with van der Waals surface area (Å²) in [4.78, 5) is 7.82.